The molecule has 10 heteroatoms. The fraction of sp³-hybridized carbons (Fsp3) is 0. The van der Waals surface area contributed by atoms with Gasteiger partial charge in [0, 0.05) is 15.8 Å². The Morgan fingerprint density at radius 1 is 1.10 bits per heavy atom. The first kappa shape index (κ1) is 21.2. The van der Waals surface area contributed by atoms with Crippen LogP contribution in [0.25, 0.3) is 5.70 Å². The van der Waals surface area contributed by atoms with Crippen LogP contribution in [-0.4, -0.2) is 28.2 Å². The predicted octanol–water partition coefficient (Wildman–Crippen LogP) is 3.27. The number of aromatic nitrogens is 1. The molecule has 0 saturated carbocycles. The number of allylic oxidation sites excluding steroid dienone is 1. The van der Waals surface area contributed by atoms with E-state index in [2.05, 4.69) is 15.3 Å². The maximum absolute atomic E-state index is 12.7. The molecule has 1 amide bonds. The van der Waals surface area contributed by atoms with Crippen molar-refractivity contribution in [2.75, 3.05) is 0 Å². The van der Waals surface area contributed by atoms with Gasteiger partial charge in [-0.2, -0.15) is 0 Å². The molecule has 3 aromatic rings. The van der Waals surface area contributed by atoms with Crippen molar-refractivity contribution >= 4 is 52.2 Å². The fourth-order valence-corrected chi connectivity index (χ4v) is 3.29. The molecule has 0 bridgehead atoms. The lowest BCUT2D eigenvalue weighted by Gasteiger charge is -2.11. The van der Waals surface area contributed by atoms with Crippen LogP contribution >= 0.6 is 23.3 Å². The van der Waals surface area contributed by atoms with E-state index in [-0.39, 0.29) is 22.4 Å². The molecule has 0 aliphatic carbocycles. The molecule has 0 saturated heterocycles. The molecule has 0 aliphatic rings. The number of aliphatic imine (C=N–C) groups is 1. The summed E-state index contributed by atoms with van der Waals surface area (Å²) in [5.41, 5.74) is 7.85. The third kappa shape index (κ3) is 5.32. The number of benzene rings is 2. The number of carboxylic acid groups (broad SMARTS) is 1. The van der Waals surface area contributed by atoms with Gasteiger partial charge in [-0.1, -0.05) is 30.3 Å². The molecule has 0 spiro atoms. The van der Waals surface area contributed by atoms with Crippen molar-refractivity contribution in [1.29, 1.82) is 0 Å². The molecule has 8 nitrogen and oxygen atoms in total. The third-order valence-electron chi connectivity index (χ3n) is 3.89. The van der Waals surface area contributed by atoms with Gasteiger partial charge >= 0.3 is 5.97 Å². The molecular formula is C20H17N5O3S2. The number of carboxylic acids is 1. The average molecular weight is 440 g/mol. The van der Waals surface area contributed by atoms with Crippen LogP contribution in [-0.2, 0) is 0 Å². The summed E-state index contributed by atoms with van der Waals surface area (Å²) in [7, 11) is 0. The van der Waals surface area contributed by atoms with Crippen molar-refractivity contribution in [3.63, 3.8) is 0 Å². The van der Waals surface area contributed by atoms with Crippen LogP contribution < -0.4 is 16.2 Å². The number of carbonyl (C=O) groups is 2. The van der Waals surface area contributed by atoms with Crippen molar-refractivity contribution in [2.45, 2.75) is 4.90 Å². The monoisotopic (exact) mass is 439 g/mol. The highest BCUT2D eigenvalue weighted by molar-refractivity contribution is 7.97. The second-order valence-electron chi connectivity index (χ2n) is 5.87. The Labute approximate surface area is 180 Å². The summed E-state index contributed by atoms with van der Waals surface area (Å²) in [4.78, 5) is 32.6. The molecule has 1 heterocycles. The van der Waals surface area contributed by atoms with Gasteiger partial charge in [-0.3, -0.25) is 9.93 Å². The topological polar surface area (TPSA) is 144 Å². The van der Waals surface area contributed by atoms with E-state index in [4.69, 9.17) is 16.0 Å². The molecule has 0 aliphatic heterocycles. The van der Waals surface area contributed by atoms with Gasteiger partial charge in [0.15, 0.2) is 5.69 Å². The molecule has 2 aromatic carbocycles. The van der Waals surface area contributed by atoms with Crippen molar-refractivity contribution in [2.24, 2.45) is 15.9 Å². The first-order valence-electron chi connectivity index (χ1n) is 8.54. The van der Waals surface area contributed by atoms with Crippen LogP contribution in [0, 0.1) is 0 Å². The van der Waals surface area contributed by atoms with Gasteiger partial charge in [0.25, 0.3) is 5.91 Å². The molecule has 1 aromatic heterocycles. The van der Waals surface area contributed by atoms with E-state index in [0.29, 0.717) is 16.8 Å². The normalized spacial score (nSPS) is 11.9. The van der Waals surface area contributed by atoms with E-state index < -0.39 is 5.97 Å². The molecular weight excluding hydrogens is 422 g/mol. The van der Waals surface area contributed by atoms with Crippen LogP contribution in [0.3, 0.4) is 0 Å². The Balaban J connectivity index is 1.91. The maximum Gasteiger partial charge on any atom is 0.355 e. The number of thiazole rings is 1. The quantitative estimate of drug-likeness (QED) is 0.327. The lowest BCUT2D eigenvalue weighted by Crippen LogP contribution is -2.26. The lowest BCUT2D eigenvalue weighted by atomic mass is 10.1. The van der Waals surface area contributed by atoms with E-state index >= 15 is 0 Å². The summed E-state index contributed by atoms with van der Waals surface area (Å²) in [6.45, 7) is 0. The Kier molecular flexibility index (Phi) is 6.96. The van der Waals surface area contributed by atoms with E-state index in [1.807, 2.05) is 18.2 Å². The van der Waals surface area contributed by atoms with Crippen LogP contribution in [0.2, 0.25) is 0 Å². The molecule has 0 atom stereocenters. The lowest BCUT2D eigenvalue weighted by molar-refractivity contribution is 0.0691. The van der Waals surface area contributed by atoms with E-state index in [9.17, 15) is 9.59 Å². The SMILES string of the molecule is NSc1ccc(C(=O)NC(C=Nc2nc(C(=O)O)cs2)=C(N)c2ccccc2)cc1. The van der Waals surface area contributed by atoms with Crippen LogP contribution in [0.1, 0.15) is 26.4 Å². The third-order valence-corrected chi connectivity index (χ3v) is 5.18. The summed E-state index contributed by atoms with van der Waals surface area (Å²) in [6.07, 6.45) is 1.36. The van der Waals surface area contributed by atoms with Crippen molar-refractivity contribution in [3.05, 3.63) is 82.5 Å². The smallest absolute Gasteiger partial charge is 0.355 e. The van der Waals surface area contributed by atoms with Crippen molar-refractivity contribution < 1.29 is 14.7 Å². The van der Waals surface area contributed by atoms with Gasteiger partial charge in [0.2, 0.25) is 5.13 Å². The molecule has 6 N–H and O–H groups in total. The molecule has 30 heavy (non-hydrogen) atoms. The van der Waals surface area contributed by atoms with Crippen LogP contribution in [0.4, 0.5) is 5.13 Å². The second kappa shape index (κ2) is 9.83. The summed E-state index contributed by atoms with van der Waals surface area (Å²) >= 11 is 2.15. The summed E-state index contributed by atoms with van der Waals surface area (Å²) in [5, 5.41) is 18.9. The number of hydrogen-bond acceptors (Lipinski definition) is 8. The number of aromatic carboxylic acids is 1. The van der Waals surface area contributed by atoms with Gasteiger partial charge in [0.05, 0.1) is 17.6 Å². The minimum atomic E-state index is -1.14. The van der Waals surface area contributed by atoms with Gasteiger partial charge in [-0.25, -0.2) is 14.8 Å². The van der Waals surface area contributed by atoms with Crippen molar-refractivity contribution in [3.8, 4) is 0 Å². The van der Waals surface area contributed by atoms with Gasteiger partial charge in [-0.15, -0.1) is 11.3 Å². The fourth-order valence-electron chi connectivity index (χ4n) is 2.36. The zero-order chi connectivity index (χ0) is 21.5. The van der Waals surface area contributed by atoms with Gasteiger partial charge in [0.1, 0.15) is 0 Å². The molecule has 0 radical (unpaired) electrons. The van der Waals surface area contributed by atoms with Gasteiger partial charge in [-0.05, 0) is 41.8 Å². The summed E-state index contributed by atoms with van der Waals surface area (Å²) in [5.74, 6) is -1.52. The van der Waals surface area contributed by atoms with Crippen molar-refractivity contribution in [1.82, 2.24) is 10.3 Å². The Bertz CT molecular complexity index is 1110. The standard InChI is InChI=1S/C20H17N5O3S2/c21-17(12-4-2-1-3-5-12)15(10-23-20-25-16(11-29-20)19(27)28)24-18(26)13-6-8-14(30-22)9-7-13/h1-11H,21-22H2,(H,24,26)(H,27,28). The average Bonchev–Trinajstić information content (AvgIpc) is 3.26. The minimum Gasteiger partial charge on any atom is -0.476 e. The number of rotatable bonds is 7. The largest absolute Gasteiger partial charge is 0.476 e. The zero-order valence-electron chi connectivity index (χ0n) is 15.5. The van der Waals surface area contributed by atoms with E-state index in [0.717, 1.165) is 28.2 Å². The Morgan fingerprint density at radius 2 is 1.80 bits per heavy atom. The zero-order valence-corrected chi connectivity index (χ0v) is 17.1. The number of amides is 1. The van der Waals surface area contributed by atoms with Gasteiger partial charge < -0.3 is 16.2 Å². The van der Waals surface area contributed by atoms with Crippen LogP contribution in [0.15, 0.2) is 75.6 Å². The highest BCUT2D eigenvalue weighted by Gasteiger charge is 2.12. The summed E-state index contributed by atoms with van der Waals surface area (Å²) < 4.78 is 0. The number of nitrogens with zero attached hydrogens (tertiary/aromatic N) is 2. The number of nitrogens with one attached hydrogen (secondary N) is 1. The molecule has 0 unspecified atom stereocenters. The molecule has 0 fully saturated rings. The first-order chi connectivity index (χ1) is 14.5. The van der Waals surface area contributed by atoms with E-state index in [1.165, 1.54) is 11.6 Å². The Hall–Kier alpha value is -3.47. The highest BCUT2D eigenvalue weighted by atomic mass is 32.2. The number of carbonyl (C=O) groups excluding carboxylic acids is 1. The molecule has 3 rings (SSSR count). The van der Waals surface area contributed by atoms with E-state index in [1.54, 1.807) is 36.4 Å². The summed E-state index contributed by atoms with van der Waals surface area (Å²) in [6, 6.07) is 15.9. The minimum absolute atomic E-state index is 0.101. The maximum atomic E-state index is 12.7. The highest BCUT2D eigenvalue weighted by Crippen LogP contribution is 2.20. The molecule has 152 valence electrons. The number of nitrogens with two attached hydrogens (primary N) is 2. The predicted molar refractivity (Wildman–Crippen MR) is 119 cm³/mol. The second-order valence-corrected chi connectivity index (χ2v) is 7.41. The Morgan fingerprint density at radius 3 is 2.40 bits per heavy atom. The first-order valence-corrected chi connectivity index (χ1v) is 10.3. The number of hydrogen-bond donors (Lipinski definition) is 4. The van der Waals surface area contributed by atoms with Crippen LogP contribution in [0.5, 0.6) is 0 Å².